The number of aliphatic hydroxyl groups excluding tert-OH is 1. The molecule has 2 saturated heterocycles. The quantitative estimate of drug-likeness (QED) is 0.183. The monoisotopic (exact) mass is 682 g/mol. The van der Waals surface area contributed by atoms with E-state index in [-0.39, 0.29) is 78.6 Å². The van der Waals surface area contributed by atoms with Crippen molar-refractivity contribution >= 4 is 23.3 Å². The van der Waals surface area contributed by atoms with Gasteiger partial charge in [-0.25, -0.2) is 0 Å². The Balaban J connectivity index is 1.69. The maximum atomic E-state index is 14.7. The zero-order chi connectivity index (χ0) is 36.1. The maximum absolute atomic E-state index is 14.7. The summed E-state index contributed by atoms with van der Waals surface area (Å²) in [5, 5.41) is 12.2. The summed E-state index contributed by atoms with van der Waals surface area (Å²) in [5.74, 6) is -3.16. The number of hydrogen-bond acceptors (Lipinski definition) is 8. The van der Waals surface area contributed by atoms with Crippen molar-refractivity contribution in [2.24, 2.45) is 40.9 Å². The smallest absolute Gasteiger partial charge is 0.313 e. The van der Waals surface area contributed by atoms with Gasteiger partial charge in [-0.1, -0.05) is 57.8 Å². The zero-order valence-electron chi connectivity index (χ0n) is 31.6. The Bertz CT molecular complexity index is 1380. The van der Waals surface area contributed by atoms with Gasteiger partial charge in [0.05, 0.1) is 42.0 Å². The lowest BCUT2D eigenvalue weighted by Gasteiger charge is -2.49. The highest BCUT2D eigenvalue weighted by molar-refractivity contribution is 5.97. The van der Waals surface area contributed by atoms with Gasteiger partial charge in [-0.15, -0.1) is 0 Å². The molecule has 0 amide bonds. The molecule has 2 aliphatic heterocycles. The summed E-state index contributed by atoms with van der Waals surface area (Å²) >= 11 is 0. The van der Waals surface area contributed by atoms with E-state index in [1.807, 2.05) is 41.5 Å². The number of aliphatic hydroxyl groups is 1. The van der Waals surface area contributed by atoms with Gasteiger partial charge in [0.25, 0.3) is 0 Å². The molecule has 1 saturated carbocycles. The van der Waals surface area contributed by atoms with Gasteiger partial charge in [0.15, 0.2) is 0 Å². The molecule has 0 aromatic rings. The molecule has 0 spiro atoms. The Morgan fingerprint density at radius 2 is 1.59 bits per heavy atom. The van der Waals surface area contributed by atoms with Crippen LogP contribution in [0.15, 0.2) is 22.8 Å². The van der Waals surface area contributed by atoms with Crippen molar-refractivity contribution in [3.63, 3.8) is 0 Å². The second-order valence-electron chi connectivity index (χ2n) is 17.4. The van der Waals surface area contributed by atoms with Crippen LogP contribution in [0.1, 0.15) is 132 Å². The van der Waals surface area contributed by atoms with E-state index in [1.54, 1.807) is 0 Å². The lowest BCUT2D eigenvalue weighted by atomic mass is 9.53. The molecule has 0 aromatic carbocycles. The van der Waals surface area contributed by atoms with E-state index in [0.29, 0.717) is 12.0 Å². The molecule has 8 heteroatoms. The van der Waals surface area contributed by atoms with Crippen LogP contribution in [0.3, 0.4) is 0 Å². The van der Waals surface area contributed by atoms with E-state index in [1.165, 1.54) is 7.11 Å². The number of rotatable bonds is 2. The molecule has 8 nitrogen and oxygen atoms in total. The number of hydrogen-bond donors (Lipinski definition) is 1. The van der Waals surface area contributed by atoms with Crippen molar-refractivity contribution in [3.05, 3.63) is 22.8 Å². The van der Waals surface area contributed by atoms with Gasteiger partial charge in [-0.2, -0.15) is 0 Å². The van der Waals surface area contributed by atoms with E-state index < -0.39 is 40.8 Å². The van der Waals surface area contributed by atoms with Crippen molar-refractivity contribution in [3.8, 4) is 0 Å². The first-order valence-corrected chi connectivity index (χ1v) is 19.0. The van der Waals surface area contributed by atoms with Gasteiger partial charge in [0.2, 0.25) is 0 Å². The first-order chi connectivity index (χ1) is 23.0. The molecule has 0 unspecified atom stereocenters. The molecule has 3 aliphatic carbocycles. The van der Waals surface area contributed by atoms with Crippen LogP contribution in [0.4, 0.5) is 0 Å². The fraction of sp³-hybridized carbons (Fsp3) is 0.805. The van der Waals surface area contributed by atoms with Gasteiger partial charge in [0.1, 0.15) is 17.3 Å². The minimum atomic E-state index is -1.57. The van der Waals surface area contributed by atoms with Crippen LogP contribution >= 0.6 is 0 Å². The van der Waals surface area contributed by atoms with Crippen LogP contribution < -0.4 is 0 Å². The molecular formula is C41H62O8. The predicted molar refractivity (Wildman–Crippen MR) is 188 cm³/mol. The van der Waals surface area contributed by atoms with E-state index in [4.69, 9.17) is 14.2 Å². The standard InChI is InChI=1S/C41H62O8/c1-23(2)28-20-31(42)26(5)12-10-11-24(3)18-32(43)29-19-27(6)37-30(41(29,22-33(28)44)38(46)47-9)17-25(4)13-14-35-39(7,48-35)16-15-36-40(8,49-36)21-34(37)45/h17,23-24,26,28-30,34-36,45H,10-16,18-22H2,1-9H3/b25-17-/t24-,26+,28-,29+,30-,34-,35-,36-,39-,40-,41+/m1/s1. The number of carbonyl (C=O) groups is 4. The van der Waals surface area contributed by atoms with Crippen molar-refractivity contribution in [2.45, 2.75) is 162 Å². The Morgan fingerprint density at radius 1 is 0.918 bits per heavy atom. The summed E-state index contributed by atoms with van der Waals surface area (Å²) in [7, 11) is 1.33. The Morgan fingerprint density at radius 3 is 2.27 bits per heavy atom. The lowest BCUT2D eigenvalue weighted by Crippen LogP contribution is -2.54. The summed E-state index contributed by atoms with van der Waals surface area (Å²) < 4.78 is 18.1. The molecule has 3 fully saturated rings. The normalized spacial score (nSPS) is 43.9. The molecule has 2 heterocycles. The summed E-state index contributed by atoms with van der Waals surface area (Å²) in [5.41, 5.74) is 0.309. The van der Waals surface area contributed by atoms with Gasteiger partial charge in [-0.3, -0.25) is 19.2 Å². The van der Waals surface area contributed by atoms with Crippen LogP contribution in [-0.2, 0) is 33.4 Å². The fourth-order valence-corrected chi connectivity index (χ4v) is 9.69. The number of epoxide rings is 2. The van der Waals surface area contributed by atoms with Crippen LogP contribution in [0.25, 0.3) is 0 Å². The number of methoxy groups -OCH3 is 1. The Hall–Kier alpha value is -2.16. The van der Waals surface area contributed by atoms with Gasteiger partial charge in [-0.05, 0) is 83.6 Å². The number of allylic oxidation sites excluding steroid dienone is 3. The summed E-state index contributed by atoms with van der Waals surface area (Å²) in [6, 6.07) is 0. The third kappa shape index (κ3) is 7.72. The third-order valence-electron chi connectivity index (χ3n) is 13.2. The van der Waals surface area contributed by atoms with E-state index in [0.717, 1.165) is 56.1 Å². The zero-order valence-corrected chi connectivity index (χ0v) is 31.6. The van der Waals surface area contributed by atoms with Crippen molar-refractivity contribution in [1.82, 2.24) is 0 Å². The van der Waals surface area contributed by atoms with E-state index in [2.05, 4.69) is 19.9 Å². The minimum absolute atomic E-state index is 0.0000322. The summed E-state index contributed by atoms with van der Waals surface area (Å²) in [6.07, 6.45) is 7.63. The molecule has 0 radical (unpaired) electrons. The van der Waals surface area contributed by atoms with Gasteiger partial charge in [0, 0.05) is 49.4 Å². The molecule has 5 rings (SSSR count). The highest BCUT2D eigenvalue weighted by atomic mass is 16.6. The van der Waals surface area contributed by atoms with Crippen LogP contribution in [0, 0.1) is 40.9 Å². The summed E-state index contributed by atoms with van der Waals surface area (Å²) in [4.78, 5) is 57.5. The molecule has 5 aliphatic rings. The number of Topliss-reactive ketones (excluding diaryl/α,β-unsaturated/α-hetero) is 3. The predicted octanol–water partition coefficient (Wildman–Crippen LogP) is 7.29. The van der Waals surface area contributed by atoms with Crippen LogP contribution in [-0.4, -0.2) is 65.0 Å². The number of ketones is 3. The number of fused-ring (bicyclic) bond motifs is 5. The van der Waals surface area contributed by atoms with Crippen LogP contribution in [0.5, 0.6) is 0 Å². The maximum Gasteiger partial charge on any atom is 0.313 e. The SMILES string of the molecule is COC(=O)[C@@]12CC(=O)[C@@H](C(C)C)CC(=O)[C@@H](C)CCC[C@@H](C)CC(=O)[C@@H]1CC(C)=C1[C@H](O)C[C@@]3(C)O[C@@H]3CC[C@@]3(C)O[C@@H]3CC/C(C)=C\[C@H]12. The van der Waals surface area contributed by atoms with Crippen LogP contribution in [0.2, 0.25) is 0 Å². The second kappa shape index (κ2) is 14.5. The number of esters is 1. The van der Waals surface area contributed by atoms with E-state index in [9.17, 15) is 24.3 Å². The first kappa shape index (κ1) is 38.1. The molecule has 0 aromatic heterocycles. The fourth-order valence-electron chi connectivity index (χ4n) is 9.69. The Labute approximate surface area is 294 Å². The average molecular weight is 683 g/mol. The first-order valence-electron chi connectivity index (χ1n) is 19.0. The minimum Gasteiger partial charge on any atom is -0.469 e. The second-order valence-corrected chi connectivity index (χ2v) is 17.4. The van der Waals surface area contributed by atoms with Crippen molar-refractivity contribution < 1.29 is 38.5 Å². The molecule has 274 valence electrons. The molecular weight excluding hydrogens is 620 g/mol. The molecule has 0 bridgehead atoms. The topological polar surface area (TPSA) is 123 Å². The molecule has 49 heavy (non-hydrogen) atoms. The molecule has 11 atom stereocenters. The van der Waals surface area contributed by atoms with Gasteiger partial charge >= 0.3 is 5.97 Å². The molecule has 1 N–H and O–H groups in total. The van der Waals surface area contributed by atoms with Crippen molar-refractivity contribution in [2.75, 3.05) is 7.11 Å². The number of ether oxygens (including phenoxy) is 3. The average Bonchev–Trinajstić information content (AvgIpc) is 3.89. The van der Waals surface area contributed by atoms with Gasteiger partial charge < -0.3 is 19.3 Å². The highest BCUT2D eigenvalue weighted by Gasteiger charge is 2.62. The van der Waals surface area contributed by atoms with E-state index >= 15 is 0 Å². The third-order valence-corrected chi connectivity index (χ3v) is 13.2. The Kier molecular flexibility index (Phi) is 11.2. The number of carbonyl (C=O) groups excluding carboxylic acids is 4. The summed E-state index contributed by atoms with van der Waals surface area (Å²) in [6.45, 7) is 16.1. The van der Waals surface area contributed by atoms with Crippen molar-refractivity contribution in [1.29, 1.82) is 0 Å². The highest BCUT2D eigenvalue weighted by Crippen LogP contribution is 2.57. The lowest BCUT2D eigenvalue weighted by molar-refractivity contribution is -0.166. The largest absolute Gasteiger partial charge is 0.469 e.